The number of carbonyl (C=O) groups excluding carboxylic acids is 1. The third-order valence-corrected chi connectivity index (χ3v) is 4.89. The molecule has 0 spiro atoms. The number of amides is 1. The molecule has 1 atom stereocenters. The Balaban J connectivity index is 1.30. The molecule has 160 valence electrons. The summed E-state index contributed by atoms with van der Waals surface area (Å²) in [5, 5.41) is 6.13. The number of hydrogen-bond acceptors (Lipinski definition) is 5. The lowest BCUT2D eigenvalue weighted by atomic mass is 10.2. The molecule has 0 aliphatic carbocycles. The van der Waals surface area contributed by atoms with Crippen LogP contribution in [0.2, 0.25) is 0 Å². The van der Waals surface area contributed by atoms with Crippen molar-refractivity contribution in [3.8, 4) is 17.2 Å². The minimum atomic E-state index is -0.432. The number of rotatable bonds is 7. The highest BCUT2D eigenvalue weighted by atomic mass is 16.5. The van der Waals surface area contributed by atoms with Crippen LogP contribution in [0, 0.1) is 0 Å². The van der Waals surface area contributed by atoms with Gasteiger partial charge < -0.3 is 24.8 Å². The molecule has 0 bridgehead atoms. The Morgan fingerprint density at radius 1 is 0.935 bits per heavy atom. The van der Waals surface area contributed by atoms with Crippen LogP contribution in [0.1, 0.15) is 18.9 Å². The second-order valence-corrected chi connectivity index (χ2v) is 7.37. The fourth-order valence-corrected chi connectivity index (χ4v) is 3.19. The van der Waals surface area contributed by atoms with Crippen LogP contribution in [-0.2, 0) is 11.4 Å². The van der Waals surface area contributed by atoms with Gasteiger partial charge in [-0.1, -0.05) is 30.3 Å². The summed E-state index contributed by atoms with van der Waals surface area (Å²) in [6, 6.07) is 22.5. The van der Waals surface area contributed by atoms with Gasteiger partial charge >= 0.3 is 0 Å². The molecule has 31 heavy (non-hydrogen) atoms. The molecule has 3 aromatic carbocycles. The highest BCUT2D eigenvalue weighted by Gasteiger charge is 2.15. The molecule has 2 N–H and O–H groups in total. The summed E-state index contributed by atoms with van der Waals surface area (Å²) >= 11 is 0. The maximum absolute atomic E-state index is 12.6. The van der Waals surface area contributed by atoms with Gasteiger partial charge in [-0.2, -0.15) is 0 Å². The molecule has 0 saturated heterocycles. The average Bonchev–Trinajstić information content (AvgIpc) is 3.04. The van der Waals surface area contributed by atoms with E-state index in [1.165, 1.54) is 0 Å². The smallest absolute Gasteiger partial charge is 0.246 e. The third kappa shape index (κ3) is 5.69. The molecule has 6 nitrogen and oxygen atoms in total. The van der Waals surface area contributed by atoms with Crippen molar-refractivity contribution in [1.29, 1.82) is 0 Å². The molecule has 4 rings (SSSR count). The van der Waals surface area contributed by atoms with Crippen LogP contribution in [0.15, 0.2) is 72.8 Å². The zero-order valence-corrected chi connectivity index (χ0v) is 17.5. The van der Waals surface area contributed by atoms with Crippen molar-refractivity contribution < 1.29 is 19.0 Å². The van der Waals surface area contributed by atoms with Gasteiger partial charge in [0, 0.05) is 23.9 Å². The third-order valence-electron chi connectivity index (χ3n) is 4.89. The van der Waals surface area contributed by atoms with Crippen molar-refractivity contribution in [3.05, 3.63) is 78.4 Å². The number of ether oxygens (including phenoxy) is 3. The fourth-order valence-electron chi connectivity index (χ4n) is 3.19. The molecule has 3 aromatic rings. The zero-order valence-electron chi connectivity index (χ0n) is 17.5. The highest BCUT2D eigenvalue weighted by Crippen LogP contribution is 2.32. The number of benzene rings is 3. The molecule has 1 amide bonds. The van der Waals surface area contributed by atoms with Crippen molar-refractivity contribution in [2.24, 2.45) is 0 Å². The predicted octanol–water partition coefficient (Wildman–Crippen LogP) is 4.87. The lowest BCUT2D eigenvalue weighted by Gasteiger charge is -2.17. The van der Waals surface area contributed by atoms with Crippen LogP contribution in [0.3, 0.4) is 0 Å². The van der Waals surface area contributed by atoms with Crippen LogP contribution >= 0.6 is 0 Å². The van der Waals surface area contributed by atoms with Crippen LogP contribution in [0.4, 0.5) is 11.4 Å². The Labute approximate surface area is 182 Å². The van der Waals surface area contributed by atoms with E-state index in [1.807, 2.05) is 79.7 Å². The number of nitrogens with one attached hydrogen (secondary N) is 2. The van der Waals surface area contributed by atoms with Crippen LogP contribution in [-0.4, -0.2) is 25.2 Å². The molecular formula is C25H26N2O4. The first-order chi connectivity index (χ1) is 15.2. The van der Waals surface area contributed by atoms with E-state index in [9.17, 15) is 4.79 Å². The highest BCUT2D eigenvalue weighted by molar-refractivity contribution is 5.96. The SMILES string of the molecule is CC(Nc1ccc2c(c1)OCCCO2)C(=O)Nc1ccc(OCc2ccccc2)cc1. The van der Waals surface area contributed by atoms with E-state index in [-0.39, 0.29) is 5.91 Å². The summed E-state index contributed by atoms with van der Waals surface area (Å²) in [7, 11) is 0. The number of anilines is 2. The maximum Gasteiger partial charge on any atom is 0.246 e. The maximum atomic E-state index is 12.6. The van der Waals surface area contributed by atoms with Gasteiger partial charge in [-0.25, -0.2) is 0 Å². The molecule has 1 unspecified atom stereocenters. The van der Waals surface area contributed by atoms with Crippen molar-refractivity contribution in [2.75, 3.05) is 23.8 Å². The molecule has 1 heterocycles. The lowest BCUT2D eigenvalue weighted by Crippen LogP contribution is -2.31. The molecule has 6 heteroatoms. The van der Waals surface area contributed by atoms with Gasteiger partial charge in [-0.15, -0.1) is 0 Å². The van der Waals surface area contributed by atoms with E-state index in [2.05, 4.69) is 10.6 Å². The average molecular weight is 418 g/mol. The second-order valence-electron chi connectivity index (χ2n) is 7.37. The predicted molar refractivity (Wildman–Crippen MR) is 121 cm³/mol. The number of carbonyl (C=O) groups is 1. The quantitative estimate of drug-likeness (QED) is 0.573. The fraction of sp³-hybridized carbons (Fsp3) is 0.240. The van der Waals surface area contributed by atoms with Crippen LogP contribution < -0.4 is 24.8 Å². The van der Waals surface area contributed by atoms with Crippen molar-refractivity contribution in [2.45, 2.75) is 26.0 Å². The Hall–Kier alpha value is -3.67. The largest absolute Gasteiger partial charge is 0.490 e. The molecule has 1 aliphatic rings. The Kier molecular flexibility index (Phi) is 6.57. The monoisotopic (exact) mass is 418 g/mol. The first kappa shape index (κ1) is 20.6. The van der Waals surface area contributed by atoms with Crippen molar-refractivity contribution in [1.82, 2.24) is 0 Å². The summed E-state index contributed by atoms with van der Waals surface area (Å²) < 4.78 is 17.1. The standard InChI is InChI=1S/C25H26N2O4/c1-18(26-21-10-13-23-24(16-21)30-15-5-14-29-23)25(28)27-20-8-11-22(12-9-20)31-17-19-6-3-2-4-7-19/h2-4,6-13,16,18,26H,5,14-15,17H2,1H3,(H,27,28). The first-order valence-corrected chi connectivity index (χ1v) is 10.4. The molecule has 0 fully saturated rings. The van der Waals surface area contributed by atoms with Crippen molar-refractivity contribution >= 4 is 17.3 Å². The Morgan fingerprint density at radius 2 is 1.65 bits per heavy atom. The lowest BCUT2D eigenvalue weighted by molar-refractivity contribution is -0.116. The summed E-state index contributed by atoms with van der Waals surface area (Å²) in [6.45, 7) is 3.59. The van der Waals surface area contributed by atoms with Gasteiger partial charge in [0.2, 0.25) is 5.91 Å². The Morgan fingerprint density at radius 3 is 2.42 bits per heavy atom. The summed E-state index contributed by atoms with van der Waals surface area (Å²) in [5.41, 5.74) is 2.62. The van der Waals surface area contributed by atoms with E-state index in [0.717, 1.165) is 29.2 Å². The van der Waals surface area contributed by atoms with Crippen LogP contribution in [0.25, 0.3) is 0 Å². The molecule has 0 radical (unpaired) electrons. The second kappa shape index (κ2) is 9.89. The van der Waals surface area contributed by atoms with Crippen molar-refractivity contribution in [3.63, 3.8) is 0 Å². The number of hydrogen-bond donors (Lipinski definition) is 2. The van der Waals surface area contributed by atoms with E-state index >= 15 is 0 Å². The minimum absolute atomic E-state index is 0.134. The summed E-state index contributed by atoms with van der Waals surface area (Å²) in [5.74, 6) is 2.04. The van der Waals surface area contributed by atoms with E-state index in [1.54, 1.807) is 0 Å². The van der Waals surface area contributed by atoms with Gasteiger partial charge in [0.1, 0.15) is 18.4 Å². The first-order valence-electron chi connectivity index (χ1n) is 10.4. The summed E-state index contributed by atoms with van der Waals surface area (Å²) in [6.07, 6.45) is 0.854. The topological polar surface area (TPSA) is 68.8 Å². The van der Waals surface area contributed by atoms with Gasteiger partial charge in [0.05, 0.1) is 13.2 Å². The summed E-state index contributed by atoms with van der Waals surface area (Å²) in [4.78, 5) is 12.6. The van der Waals surface area contributed by atoms with Gasteiger partial charge in [0.25, 0.3) is 0 Å². The molecule has 0 saturated carbocycles. The Bertz CT molecular complexity index is 1010. The molecule has 1 aliphatic heterocycles. The molecular weight excluding hydrogens is 392 g/mol. The van der Waals surface area contributed by atoms with E-state index in [0.29, 0.717) is 31.3 Å². The molecule has 0 aromatic heterocycles. The van der Waals surface area contributed by atoms with Gasteiger partial charge in [0.15, 0.2) is 11.5 Å². The van der Waals surface area contributed by atoms with Gasteiger partial charge in [-0.05, 0) is 48.9 Å². The van der Waals surface area contributed by atoms with Gasteiger partial charge in [-0.3, -0.25) is 4.79 Å². The van der Waals surface area contributed by atoms with E-state index < -0.39 is 6.04 Å². The normalized spacial score (nSPS) is 13.6. The van der Waals surface area contributed by atoms with E-state index in [4.69, 9.17) is 14.2 Å². The minimum Gasteiger partial charge on any atom is -0.490 e. The zero-order chi connectivity index (χ0) is 21.5. The number of fused-ring (bicyclic) bond motifs is 1. The van der Waals surface area contributed by atoms with Crippen LogP contribution in [0.5, 0.6) is 17.2 Å².